The van der Waals surface area contributed by atoms with Gasteiger partial charge < -0.3 is 4.90 Å². The summed E-state index contributed by atoms with van der Waals surface area (Å²) in [5.74, 6) is -0.184. The quantitative estimate of drug-likeness (QED) is 0.499. The van der Waals surface area contributed by atoms with E-state index in [0.717, 1.165) is 19.3 Å². The number of carbonyl (C=O) groups is 2. The van der Waals surface area contributed by atoms with Crippen molar-refractivity contribution in [2.45, 2.75) is 26.2 Å². The minimum atomic E-state index is -0.240. The highest BCUT2D eigenvalue weighted by atomic mass is 16.2. The predicted octanol–water partition coefficient (Wildman–Crippen LogP) is 0.728. The molecule has 1 saturated heterocycles. The summed E-state index contributed by atoms with van der Waals surface area (Å²) < 4.78 is 0. The molecule has 0 spiro atoms. The van der Waals surface area contributed by atoms with Gasteiger partial charge in [-0.1, -0.05) is 19.8 Å². The normalized spacial score (nSPS) is 16.9. The van der Waals surface area contributed by atoms with Crippen LogP contribution >= 0.6 is 0 Å². The Labute approximate surface area is 71.9 Å². The molecule has 0 radical (unpaired) electrons. The van der Waals surface area contributed by atoms with E-state index in [1.54, 1.807) is 4.90 Å². The maximum atomic E-state index is 11.0. The smallest absolute Gasteiger partial charge is 0.315 e. The molecule has 0 atom stereocenters. The summed E-state index contributed by atoms with van der Waals surface area (Å²) >= 11 is 0. The van der Waals surface area contributed by atoms with Crippen LogP contribution in [-0.4, -0.2) is 29.9 Å². The average molecular weight is 170 g/mol. The van der Waals surface area contributed by atoms with Crippen molar-refractivity contribution in [2.75, 3.05) is 13.1 Å². The second-order valence-electron chi connectivity index (χ2n) is 2.98. The van der Waals surface area contributed by atoms with Crippen molar-refractivity contribution in [2.24, 2.45) is 0 Å². The van der Waals surface area contributed by atoms with E-state index in [2.05, 4.69) is 12.2 Å². The molecule has 4 nitrogen and oxygen atoms in total. The number of rotatable bonds is 4. The van der Waals surface area contributed by atoms with Gasteiger partial charge in [0.05, 0.1) is 0 Å². The Morgan fingerprint density at radius 1 is 1.42 bits per heavy atom. The zero-order chi connectivity index (χ0) is 8.97. The number of nitrogens with one attached hydrogen (secondary N) is 1. The molecule has 0 aromatic heterocycles. The van der Waals surface area contributed by atoms with E-state index in [9.17, 15) is 9.59 Å². The number of hydrogen-bond acceptors (Lipinski definition) is 2. The van der Waals surface area contributed by atoms with Gasteiger partial charge in [0, 0.05) is 6.54 Å². The first-order valence-corrected chi connectivity index (χ1v) is 4.32. The summed E-state index contributed by atoms with van der Waals surface area (Å²) in [5, 5.41) is 2.24. The topological polar surface area (TPSA) is 49.4 Å². The van der Waals surface area contributed by atoms with Crippen molar-refractivity contribution in [3.05, 3.63) is 0 Å². The molecule has 1 fully saturated rings. The van der Waals surface area contributed by atoms with Gasteiger partial charge in [-0.15, -0.1) is 0 Å². The van der Waals surface area contributed by atoms with Crippen LogP contribution in [0.15, 0.2) is 0 Å². The van der Waals surface area contributed by atoms with Gasteiger partial charge in [-0.2, -0.15) is 0 Å². The summed E-state index contributed by atoms with van der Waals surface area (Å²) in [6.45, 7) is 3.04. The lowest BCUT2D eigenvalue weighted by molar-refractivity contribution is -0.118. The Hall–Kier alpha value is -1.06. The number of unbranched alkanes of at least 4 members (excludes halogenated alkanes) is 2. The van der Waals surface area contributed by atoms with E-state index in [4.69, 9.17) is 0 Å². The number of imide groups is 1. The number of urea groups is 1. The SMILES string of the molecule is CCCCCN1CC(=O)NC1=O. The Kier molecular flexibility index (Phi) is 3.08. The van der Waals surface area contributed by atoms with Crippen molar-refractivity contribution >= 4 is 11.9 Å². The van der Waals surface area contributed by atoms with E-state index in [1.165, 1.54) is 0 Å². The molecule has 1 N–H and O–H groups in total. The van der Waals surface area contributed by atoms with Gasteiger partial charge in [0.15, 0.2) is 0 Å². The molecular weight excluding hydrogens is 156 g/mol. The minimum Gasteiger partial charge on any atom is -0.315 e. The second-order valence-corrected chi connectivity index (χ2v) is 2.98. The summed E-state index contributed by atoms with van der Waals surface area (Å²) in [6.07, 6.45) is 3.22. The molecule has 1 heterocycles. The van der Waals surface area contributed by atoms with Crippen LogP contribution in [0.5, 0.6) is 0 Å². The third kappa shape index (κ3) is 2.22. The number of amides is 3. The highest BCUT2D eigenvalue weighted by molar-refractivity contribution is 6.01. The van der Waals surface area contributed by atoms with Gasteiger partial charge >= 0.3 is 6.03 Å². The maximum absolute atomic E-state index is 11.0. The van der Waals surface area contributed by atoms with Crippen LogP contribution < -0.4 is 5.32 Å². The van der Waals surface area contributed by atoms with Crippen molar-refractivity contribution < 1.29 is 9.59 Å². The van der Waals surface area contributed by atoms with Gasteiger partial charge in [0.1, 0.15) is 6.54 Å². The van der Waals surface area contributed by atoms with Crippen molar-refractivity contribution in [3.8, 4) is 0 Å². The molecule has 0 aromatic carbocycles. The second kappa shape index (κ2) is 4.09. The fraction of sp³-hybridized carbons (Fsp3) is 0.750. The third-order valence-electron chi connectivity index (χ3n) is 1.90. The van der Waals surface area contributed by atoms with Gasteiger partial charge in [-0.3, -0.25) is 10.1 Å². The Balaban J connectivity index is 2.24. The van der Waals surface area contributed by atoms with Gasteiger partial charge in [-0.05, 0) is 6.42 Å². The zero-order valence-electron chi connectivity index (χ0n) is 7.30. The van der Waals surface area contributed by atoms with E-state index >= 15 is 0 Å². The van der Waals surface area contributed by atoms with Crippen LogP contribution in [0.2, 0.25) is 0 Å². The first-order valence-electron chi connectivity index (χ1n) is 4.32. The summed E-state index contributed by atoms with van der Waals surface area (Å²) in [5.41, 5.74) is 0. The van der Waals surface area contributed by atoms with Gasteiger partial charge in [-0.25, -0.2) is 4.79 Å². The molecule has 0 saturated carbocycles. The largest absolute Gasteiger partial charge is 0.324 e. The Morgan fingerprint density at radius 3 is 2.67 bits per heavy atom. The fourth-order valence-corrected chi connectivity index (χ4v) is 1.22. The highest BCUT2D eigenvalue weighted by Gasteiger charge is 2.25. The number of nitrogens with zero attached hydrogens (tertiary/aromatic N) is 1. The molecule has 0 aliphatic carbocycles. The van der Waals surface area contributed by atoms with Gasteiger partial charge in [0.25, 0.3) is 0 Å². The molecular formula is C8H14N2O2. The molecule has 0 aromatic rings. The Bertz CT molecular complexity index is 191. The minimum absolute atomic E-state index is 0.184. The fourth-order valence-electron chi connectivity index (χ4n) is 1.22. The van der Waals surface area contributed by atoms with Crippen molar-refractivity contribution in [1.82, 2.24) is 10.2 Å². The van der Waals surface area contributed by atoms with Crippen LogP contribution in [0.1, 0.15) is 26.2 Å². The molecule has 68 valence electrons. The lowest BCUT2D eigenvalue weighted by Crippen LogP contribution is -2.29. The van der Waals surface area contributed by atoms with Crippen LogP contribution in [0.25, 0.3) is 0 Å². The van der Waals surface area contributed by atoms with E-state index in [0.29, 0.717) is 6.54 Å². The first-order chi connectivity index (χ1) is 5.74. The highest BCUT2D eigenvalue weighted by Crippen LogP contribution is 2.02. The molecule has 3 amide bonds. The molecule has 0 bridgehead atoms. The van der Waals surface area contributed by atoms with E-state index in [1.807, 2.05) is 0 Å². The van der Waals surface area contributed by atoms with E-state index in [-0.39, 0.29) is 18.5 Å². The number of hydrogen-bond donors (Lipinski definition) is 1. The van der Waals surface area contributed by atoms with Crippen LogP contribution in [0.4, 0.5) is 4.79 Å². The lowest BCUT2D eigenvalue weighted by atomic mass is 10.2. The van der Waals surface area contributed by atoms with Crippen LogP contribution in [0, 0.1) is 0 Å². The van der Waals surface area contributed by atoms with Gasteiger partial charge in [0.2, 0.25) is 5.91 Å². The van der Waals surface area contributed by atoms with Crippen LogP contribution in [0.3, 0.4) is 0 Å². The standard InChI is InChI=1S/C8H14N2O2/c1-2-3-4-5-10-6-7(11)9-8(10)12/h2-6H2,1H3,(H,9,11,12). The van der Waals surface area contributed by atoms with Crippen LogP contribution in [-0.2, 0) is 4.79 Å². The summed E-state index contributed by atoms with van der Waals surface area (Å²) in [7, 11) is 0. The lowest BCUT2D eigenvalue weighted by Gasteiger charge is -2.11. The monoisotopic (exact) mass is 170 g/mol. The summed E-state index contributed by atoms with van der Waals surface area (Å²) in [6, 6.07) is -0.240. The first kappa shape index (κ1) is 9.03. The average Bonchev–Trinajstić information content (AvgIpc) is 2.31. The Morgan fingerprint density at radius 2 is 2.17 bits per heavy atom. The molecule has 1 aliphatic rings. The van der Waals surface area contributed by atoms with Crippen molar-refractivity contribution in [3.63, 3.8) is 0 Å². The predicted molar refractivity (Wildman–Crippen MR) is 44.6 cm³/mol. The molecule has 1 aliphatic heterocycles. The molecule has 4 heteroatoms. The zero-order valence-corrected chi connectivity index (χ0v) is 7.30. The molecule has 1 rings (SSSR count). The third-order valence-corrected chi connectivity index (χ3v) is 1.90. The molecule has 12 heavy (non-hydrogen) atoms. The van der Waals surface area contributed by atoms with Crippen molar-refractivity contribution in [1.29, 1.82) is 0 Å². The number of carbonyl (C=O) groups excluding carboxylic acids is 2. The molecule has 0 unspecified atom stereocenters. The van der Waals surface area contributed by atoms with E-state index < -0.39 is 0 Å². The maximum Gasteiger partial charge on any atom is 0.324 e. The summed E-state index contributed by atoms with van der Waals surface area (Å²) in [4.78, 5) is 23.2.